The van der Waals surface area contributed by atoms with Crippen molar-refractivity contribution in [2.45, 2.75) is 52.9 Å². The standard InChI is InChI=1S/C24H18O5.C17H22N4O2/c1-13-16(10-14-6-3-5-9-18(14)21(13)24(28)29)12-19-17-8-4-2-7-15(17)11-20(22(19)25)23(26)27;1-4-23-9-13-20-14-15(21(13)10-17(2,3)22)11-7-5-6-8-12(11)19-16(14)18/h2-11,25H,12H2,1H3,(H,26,27)(H,28,29);5-8,22H,4,9-10H2,1-3H3,(H2,18,19)/p+1. The Balaban J connectivity index is 0.000000183. The van der Waals surface area contributed by atoms with Gasteiger partial charge in [-0.2, -0.15) is 0 Å². The molecule has 52 heavy (non-hydrogen) atoms. The molecule has 0 radical (unpaired) electrons. The molecule has 0 aliphatic heterocycles. The minimum atomic E-state index is -1.21. The van der Waals surface area contributed by atoms with Crippen LogP contribution in [0.25, 0.3) is 43.5 Å². The number of aromatic nitrogens is 3. The first-order chi connectivity index (χ1) is 24.8. The molecule has 2 aromatic heterocycles. The van der Waals surface area contributed by atoms with Crippen LogP contribution in [0.2, 0.25) is 0 Å². The van der Waals surface area contributed by atoms with Crippen LogP contribution in [0.5, 0.6) is 5.75 Å². The lowest BCUT2D eigenvalue weighted by atomic mass is 9.89. The number of hydrogen-bond acceptors (Lipinski definition) is 7. The van der Waals surface area contributed by atoms with Crippen LogP contribution in [0.3, 0.4) is 0 Å². The third kappa shape index (κ3) is 6.96. The van der Waals surface area contributed by atoms with E-state index in [-0.39, 0.29) is 23.3 Å². The van der Waals surface area contributed by atoms with Crippen molar-refractivity contribution >= 4 is 61.2 Å². The average molecular weight is 702 g/mol. The molecule has 11 nitrogen and oxygen atoms in total. The first kappa shape index (κ1) is 35.8. The summed E-state index contributed by atoms with van der Waals surface area (Å²) in [4.78, 5) is 31.3. The minimum Gasteiger partial charge on any atom is -0.507 e. The number of H-pyrrole nitrogens is 1. The third-order valence-electron chi connectivity index (χ3n) is 9.10. The van der Waals surface area contributed by atoms with E-state index >= 15 is 0 Å². The number of ether oxygens (including phenoxy) is 1. The Hall–Kier alpha value is -6.04. The van der Waals surface area contributed by atoms with Crippen LogP contribution in [0.4, 0.5) is 5.82 Å². The topological polar surface area (TPSA) is 183 Å². The number of hydrogen-bond donors (Lipinski definition) is 6. The Kier molecular flexibility index (Phi) is 9.83. The van der Waals surface area contributed by atoms with Crippen LogP contribution in [-0.4, -0.2) is 54.5 Å². The fraction of sp³-hybridized carbons (Fsp3) is 0.220. The van der Waals surface area contributed by atoms with E-state index in [4.69, 9.17) is 10.5 Å². The van der Waals surface area contributed by atoms with Gasteiger partial charge in [0, 0.05) is 18.6 Å². The summed E-state index contributed by atoms with van der Waals surface area (Å²) >= 11 is 0. The normalized spacial score (nSPS) is 11.6. The highest BCUT2D eigenvalue weighted by atomic mass is 16.5. The van der Waals surface area contributed by atoms with E-state index < -0.39 is 17.5 Å². The highest BCUT2D eigenvalue weighted by Crippen LogP contribution is 2.36. The number of carboxylic acids is 2. The molecule has 11 heteroatoms. The molecule has 7 N–H and O–H groups in total. The van der Waals surface area contributed by atoms with Gasteiger partial charge in [0.1, 0.15) is 24.5 Å². The zero-order chi connectivity index (χ0) is 37.3. The molecule has 0 unspecified atom stereocenters. The van der Waals surface area contributed by atoms with Crippen molar-refractivity contribution < 1.29 is 39.3 Å². The van der Waals surface area contributed by atoms with Gasteiger partial charge in [-0.25, -0.2) is 24.1 Å². The number of carbonyl (C=O) groups is 2. The zero-order valence-corrected chi connectivity index (χ0v) is 29.4. The van der Waals surface area contributed by atoms with Gasteiger partial charge >= 0.3 is 11.9 Å². The lowest BCUT2D eigenvalue weighted by Crippen LogP contribution is -2.47. The number of para-hydroxylation sites is 1. The molecule has 0 saturated carbocycles. The Morgan fingerprint density at radius 3 is 2.15 bits per heavy atom. The fourth-order valence-corrected chi connectivity index (χ4v) is 6.75. The second kappa shape index (κ2) is 14.3. The first-order valence-electron chi connectivity index (χ1n) is 16.9. The van der Waals surface area contributed by atoms with Gasteiger partial charge in [0.05, 0.1) is 22.1 Å². The predicted molar refractivity (Wildman–Crippen MR) is 201 cm³/mol. The van der Waals surface area contributed by atoms with E-state index in [1.54, 1.807) is 45.0 Å². The first-order valence-corrected chi connectivity index (χ1v) is 16.9. The number of aromatic amines is 1. The number of nitrogens with one attached hydrogen (secondary N) is 1. The van der Waals surface area contributed by atoms with Crippen LogP contribution >= 0.6 is 0 Å². The van der Waals surface area contributed by atoms with Gasteiger partial charge in [0.2, 0.25) is 5.52 Å². The SMILES string of the molecule is CCOCc1[nH]c2c(N)nc3ccccc3c2[n+]1CC(C)(C)O.Cc1c(Cc2c(O)c(C(=O)O)cc3ccccc23)cc2ccccc2c1C(=O)O. The van der Waals surface area contributed by atoms with E-state index in [0.29, 0.717) is 47.5 Å². The summed E-state index contributed by atoms with van der Waals surface area (Å²) in [6, 6.07) is 25.7. The van der Waals surface area contributed by atoms with Crippen LogP contribution in [0.1, 0.15) is 64.0 Å². The van der Waals surface area contributed by atoms with Crippen molar-refractivity contribution in [3.05, 3.63) is 119 Å². The lowest BCUT2D eigenvalue weighted by Gasteiger charge is -2.16. The molecule has 7 rings (SSSR count). The Morgan fingerprint density at radius 2 is 1.52 bits per heavy atom. The van der Waals surface area contributed by atoms with E-state index in [2.05, 4.69) is 9.97 Å². The van der Waals surface area contributed by atoms with Gasteiger partial charge in [0.15, 0.2) is 11.3 Å². The second-order valence-electron chi connectivity index (χ2n) is 13.4. The molecule has 0 saturated heterocycles. The van der Waals surface area contributed by atoms with Crippen LogP contribution < -0.4 is 10.3 Å². The minimum absolute atomic E-state index is 0.171. The van der Waals surface area contributed by atoms with Gasteiger partial charge in [-0.3, -0.25) is 0 Å². The smallest absolute Gasteiger partial charge is 0.339 e. The van der Waals surface area contributed by atoms with E-state index in [9.17, 15) is 30.0 Å². The summed E-state index contributed by atoms with van der Waals surface area (Å²) in [5, 5.41) is 44.2. The van der Waals surface area contributed by atoms with Crippen LogP contribution in [0, 0.1) is 6.92 Å². The molecule has 2 heterocycles. The van der Waals surface area contributed by atoms with Gasteiger partial charge in [-0.1, -0.05) is 66.7 Å². The fourth-order valence-electron chi connectivity index (χ4n) is 6.75. The average Bonchev–Trinajstić information content (AvgIpc) is 3.46. The van der Waals surface area contributed by atoms with Crippen molar-refractivity contribution in [1.82, 2.24) is 9.97 Å². The number of aromatic carboxylic acids is 2. The largest absolute Gasteiger partial charge is 0.507 e. The molecule has 0 aliphatic carbocycles. The summed E-state index contributed by atoms with van der Waals surface area (Å²) in [5.74, 6) is -1.20. The maximum absolute atomic E-state index is 11.9. The molecule has 0 bridgehead atoms. The van der Waals surface area contributed by atoms with Gasteiger partial charge < -0.3 is 30.9 Å². The molecular formula is C41H41N4O7+. The molecule has 0 atom stereocenters. The Bertz CT molecular complexity index is 2500. The number of nitrogen functional groups attached to an aromatic ring is 1. The summed E-state index contributed by atoms with van der Waals surface area (Å²) in [6.45, 7) is 8.75. The molecular weight excluding hydrogens is 660 g/mol. The number of rotatable bonds is 9. The van der Waals surface area contributed by atoms with Crippen molar-refractivity contribution in [1.29, 1.82) is 0 Å². The highest BCUT2D eigenvalue weighted by molar-refractivity contribution is 6.06. The quantitative estimate of drug-likeness (QED) is 0.0873. The number of nitrogens with two attached hydrogens (primary N) is 1. The number of nitrogens with zero attached hydrogens (tertiary/aromatic N) is 2. The summed E-state index contributed by atoms with van der Waals surface area (Å²) in [7, 11) is 0. The van der Waals surface area contributed by atoms with Crippen LogP contribution in [0.15, 0.2) is 84.9 Å². The molecule has 0 spiro atoms. The lowest BCUT2D eigenvalue weighted by molar-refractivity contribution is -0.692. The second-order valence-corrected chi connectivity index (χ2v) is 13.4. The molecule has 266 valence electrons. The Labute approximate surface area is 299 Å². The highest BCUT2D eigenvalue weighted by Gasteiger charge is 2.28. The van der Waals surface area contributed by atoms with E-state index in [0.717, 1.165) is 44.1 Å². The number of carboxylic acid groups (broad SMARTS) is 2. The van der Waals surface area contributed by atoms with Crippen molar-refractivity contribution in [2.24, 2.45) is 0 Å². The number of phenols is 1. The number of anilines is 1. The van der Waals surface area contributed by atoms with Crippen LogP contribution in [-0.2, 0) is 24.3 Å². The maximum Gasteiger partial charge on any atom is 0.339 e. The van der Waals surface area contributed by atoms with Gasteiger partial charge in [-0.05, 0) is 78.6 Å². The third-order valence-corrected chi connectivity index (χ3v) is 9.10. The number of pyridine rings is 1. The number of aromatic hydroxyl groups is 1. The maximum atomic E-state index is 11.9. The van der Waals surface area contributed by atoms with Gasteiger partial charge in [0.25, 0.3) is 5.82 Å². The van der Waals surface area contributed by atoms with Gasteiger partial charge in [-0.15, -0.1) is 0 Å². The van der Waals surface area contributed by atoms with E-state index in [1.165, 1.54) is 6.07 Å². The molecule has 0 fully saturated rings. The van der Waals surface area contributed by atoms with Crippen molar-refractivity contribution in [2.75, 3.05) is 12.3 Å². The zero-order valence-electron chi connectivity index (χ0n) is 29.4. The Morgan fingerprint density at radius 1 is 0.904 bits per heavy atom. The number of benzene rings is 5. The molecule has 0 aliphatic rings. The monoisotopic (exact) mass is 701 g/mol. The van der Waals surface area contributed by atoms with Crippen molar-refractivity contribution in [3.8, 4) is 5.75 Å². The number of fused-ring (bicyclic) bond motifs is 5. The molecule has 7 aromatic rings. The number of imidazole rings is 1. The van der Waals surface area contributed by atoms with E-state index in [1.807, 2.05) is 66.1 Å². The predicted octanol–water partition coefficient (Wildman–Crippen LogP) is 6.89. The summed E-state index contributed by atoms with van der Waals surface area (Å²) < 4.78 is 7.61. The molecule has 5 aromatic carbocycles. The summed E-state index contributed by atoms with van der Waals surface area (Å²) in [5.41, 5.74) is 9.68. The molecule has 0 amide bonds. The van der Waals surface area contributed by atoms with Crippen molar-refractivity contribution in [3.63, 3.8) is 0 Å². The summed E-state index contributed by atoms with van der Waals surface area (Å²) in [6.07, 6.45) is 0.213. The number of aliphatic hydroxyl groups is 1.